The van der Waals surface area contributed by atoms with Crippen molar-refractivity contribution < 1.29 is 29.4 Å². The molecule has 0 radical (unpaired) electrons. The molecule has 1 aromatic heterocycles. The Labute approximate surface area is 265 Å². The van der Waals surface area contributed by atoms with Gasteiger partial charge in [0.2, 0.25) is 11.8 Å². The first kappa shape index (κ1) is 32.3. The maximum Gasteiger partial charge on any atom is 0.243 e. The molecule has 2 amide bonds. The fourth-order valence-electron chi connectivity index (χ4n) is 5.07. The lowest BCUT2D eigenvalue weighted by Crippen LogP contribution is -2.31. The summed E-state index contributed by atoms with van der Waals surface area (Å²) in [6.45, 7) is 0.343. The summed E-state index contributed by atoms with van der Waals surface area (Å²) in [6.07, 6.45) is 2.08. The number of aryl methyl sites for hydroxylation is 1. The molecule has 4 aromatic rings. The molecule has 3 atom stereocenters. The Bertz CT molecular complexity index is 1580. The Kier molecular flexibility index (Phi) is 11.3. The molecular formula is C33H37N5O6S. The van der Waals surface area contributed by atoms with E-state index < -0.39 is 12.2 Å². The number of hydroxylamine groups is 1. The molecule has 3 aromatic carbocycles. The van der Waals surface area contributed by atoms with Gasteiger partial charge >= 0.3 is 0 Å². The lowest BCUT2D eigenvalue weighted by Gasteiger charge is -2.36. The molecule has 2 heterocycles. The van der Waals surface area contributed by atoms with Crippen LogP contribution in [0.15, 0.2) is 84.3 Å². The number of amides is 2. The van der Waals surface area contributed by atoms with Crippen molar-refractivity contribution >= 4 is 23.6 Å². The van der Waals surface area contributed by atoms with Gasteiger partial charge in [0.05, 0.1) is 18.8 Å². The predicted octanol–water partition coefficient (Wildman–Crippen LogP) is 4.60. The van der Waals surface area contributed by atoms with Crippen LogP contribution < -0.4 is 10.8 Å². The Hall–Kier alpha value is -4.07. The summed E-state index contributed by atoms with van der Waals surface area (Å²) in [5.41, 5.74) is 7.25. The zero-order valence-electron chi connectivity index (χ0n) is 25.0. The molecule has 1 fully saturated rings. The summed E-state index contributed by atoms with van der Waals surface area (Å²) in [5.74, 6) is 0.0113. The van der Waals surface area contributed by atoms with E-state index in [1.807, 2.05) is 78.3 Å². The summed E-state index contributed by atoms with van der Waals surface area (Å²) in [6, 6.07) is 23.9. The minimum absolute atomic E-state index is 0.0135. The highest BCUT2D eigenvalue weighted by Crippen LogP contribution is 2.40. The normalized spacial score (nSPS) is 18.0. The van der Waals surface area contributed by atoms with E-state index in [0.29, 0.717) is 25.1 Å². The van der Waals surface area contributed by atoms with Crippen LogP contribution in [0.25, 0.3) is 11.1 Å². The molecule has 4 N–H and O–H groups in total. The molecule has 1 aliphatic heterocycles. The second-order valence-electron chi connectivity index (χ2n) is 10.9. The lowest BCUT2D eigenvalue weighted by atomic mass is 9.99. The summed E-state index contributed by atoms with van der Waals surface area (Å²) in [7, 11) is 1.91. The van der Waals surface area contributed by atoms with E-state index in [1.54, 1.807) is 23.6 Å². The highest BCUT2D eigenvalue weighted by Gasteiger charge is 2.32. The predicted molar refractivity (Wildman–Crippen MR) is 168 cm³/mol. The number of aliphatic hydroxyl groups is 1. The van der Waals surface area contributed by atoms with Gasteiger partial charge in [-0.25, -0.2) is 5.48 Å². The van der Waals surface area contributed by atoms with Gasteiger partial charge in [-0.15, -0.1) is 10.2 Å². The first-order valence-corrected chi connectivity index (χ1v) is 15.8. The fraction of sp³-hybridized carbons (Fsp3) is 0.333. The highest BCUT2D eigenvalue weighted by molar-refractivity contribution is 7.99. The number of aliphatic hydroxyl groups excluding tert-OH is 1. The first-order chi connectivity index (χ1) is 21.9. The number of rotatable bonds is 13. The molecule has 12 heteroatoms. The first-order valence-electron chi connectivity index (χ1n) is 14.8. The van der Waals surface area contributed by atoms with E-state index >= 15 is 0 Å². The van der Waals surface area contributed by atoms with Crippen molar-refractivity contribution in [3.63, 3.8) is 0 Å². The number of nitrogens with one attached hydrogen (secondary N) is 2. The molecule has 236 valence electrons. The Morgan fingerprint density at radius 3 is 2.44 bits per heavy atom. The van der Waals surface area contributed by atoms with Crippen LogP contribution in [0.2, 0.25) is 0 Å². The zero-order valence-corrected chi connectivity index (χ0v) is 25.8. The molecule has 3 unspecified atom stereocenters. The lowest BCUT2D eigenvalue weighted by molar-refractivity contribution is -0.245. The number of benzene rings is 3. The van der Waals surface area contributed by atoms with E-state index in [9.17, 15) is 14.7 Å². The van der Waals surface area contributed by atoms with Crippen LogP contribution in [0.3, 0.4) is 0 Å². The smallest absolute Gasteiger partial charge is 0.243 e. The maximum absolute atomic E-state index is 12.2. The van der Waals surface area contributed by atoms with Gasteiger partial charge in [0.25, 0.3) is 0 Å². The number of carbonyl (C=O) groups excluding carboxylic acids is 2. The SMILES string of the molecule is Cn1cnnc1SCC1CC(c2ccc(CO)cc2)OC(c2cccc(-c3cccc(CNC(=O)CCCC(=O)NO)c3)c2)O1. The summed E-state index contributed by atoms with van der Waals surface area (Å²) in [5, 5.41) is 30.0. The third kappa shape index (κ3) is 8.99. The maximum atomic E-state index is 12.2. The van der Waals surface area contributed by atoms with E-state index in [4.69, 9.17) is 14.7 Å². The van der Waals surface area contributed by atoms with Crippen LogP contribution in [-0.2, 0) is 39.3 Å². The van der Waals surface area contributed by atoms with Crippen molar-refractivity contribution in [3.05, 3.63) is 101 Å². The van der Waals surface area contributed by atoms with Gasteiger partial charge in [0, 0.05) is 44.2 Å². The molecule has 0 spiro atoms. The Morgan fingerprint density at radius 2 is 1.71 bits per heavy atom. The number of ether oxygens (including phenoxy) is 2. The van der Waals surface area contributed by atoms with Crippen LogP contribution in [0.5, 0.6) is 0 Å². The third-order valence-corrected chi connectivity index (χ3v) is 8.69. The van der Waals surface area contributed by atoms with Crippen LogP contribution >= 0.6 is 11.8 Å². The molecule has 0 bridgehead atoms. The zero-order chi connectivity index (χ0) is 31.6. The molecule has 11 nitrogen and oxygen atoms in total. The molecule has 0 aliphatic carbocycles. The standard InChI is InChI=1S/C33H37N5O6S/c1-38-21-35-36-33(38)45-20-28-17-29(24-13-11-22(19-39)12-14-24)44-32(43-28)27-8-3-7-26(16-27)25-6-2-5-23(15-25)18-34-30(40)9-4-10-31(41)37-42/h2-3,5-8,11-16,21,28-29,32,39,42H,4,9-10,17-20H2,1H3,(H,34,40)(H,37,41). The largest absolute Gasteiger partial charge is 0.392 e. The van der Waals surface area contributed by atoms with E-state index in [-0.39, 0.29) is 37.6 Å². The fourth-order valence-corrected chi connectivity index (χ4v) is 5.98. The molecular weight excluding hydrogens is 594 g/mol. The molecule has 1 aliphatic rings. The Morgan fingerprint density at radius 1 is 0.956 bits per heavy atom. The number of aromatic nitrogens is 3. The van der Waals surface area contributed by atoms with E-state index in [1.165, 1.54) is 0 Å². The minimum Gasteiger partial charge on any atom is -0.392 e. The monoisotopic (exact) mass is 631 g/mol. The molecule has 45 heavy (non-hydrogen) atoms. The van der Waals surface area contributed by atoms with Gasteiger partial charge in [0.1, 0.15) is 6.33 Å². The highest BCUT2D eigenvalue weighted by atomic mass is 32.2. The van der Waals surface area contributed by atoms with Gasteiger partial charge < -0.3 is 24.5 Å². The number of nitrogens with zero attached hydrogens (tertiary/aromatic N) is 3. The van der Waals surface area contributed by atoms with Crippen LogP contribution in [0.4, 0.5) is 0 Å². The number of hydrogen-bond donors (Lipinski definition) is 4. The van der Waals surface area contributed by atoms with Gasteiger partial charge in [-0.1, -0.05) is 72.4 Å². The third-order valence-electron chi connectivity index (χ3n) is 7.52. The quantitative estimate of drug-likeness (QED) is 0.0944. The van der Waals surface area contributed by atoms with Crippen molar-refractivity contribution in [2.45, 2.75) is 62.5 Å². The van der Waals surface area contributed by atoms with Gasteiger partial charge in [0.15, 0.2) is 11.4 Å². The molecule has 5 rings (SSSR count). The second-order valence-corrected chi connectivity index (χ2v) is 11.9. The topological polar surface area (TPSA) is 148 Å². The summed E-state index contributed by atoms with van der Waals surface area (Å²) in [4.78, 5) is 23.4. The number of thioether (sulfide) groups is 1. The summed E-state index contributed by atoms with van der Waals surface area (Å²) >= 11 is 1.59. The van der Waals surface area contributed by atoms with Gasteiger partial charge in [-0.3, -0.25) is 14.8 Å². The van der Waals surface area contributed by atoms with Crippen molar-refractivity contribution in [1.82, 2.24) is 25.6 Å². The number of carbonyl (C=O) groups is 2. The summed E-state index contributed by atoms with van der Waals surface area (Å²) < 4.78 is 14.9. The average Bonchev–Trinajstić information content (AvgIpc) is 3.50. The Balaban J connectivity index is 1.29. The van der Waals surface area contributed by atoms with Crippen molar-refractivity contribution in [2.24, 2.45) is 7.05 Å². The van der Waals surface area contributed by atoms with Gasteiger partial charge in [-0.05, 0) is 46.4 Å². The second kappa shape index (κ2) is 15.8. The minimum atomic E-state index is -0.596. The van der Waals surface area contributed by atoms with Crippen LogP contribution in [0, 0.1) is 0 Å². The van der Waals surface area contributed by atoms with Crippen LogP contribution in [0.1, 0.15) is 60.3 Å². The average molecular weight is 632 g/mol. The van der Waals surface area contributed by atoms with Gasteiger partial charge in [-0.2, -0.15) is 0 Å². The van der Waals surface area contributed by atoms with Crippen LogP contribution in [-0.4, -0.2) is 48.7 Å². The van der Waals surface area contributed by atoms with Crippen molar-refractivity contribution in [1.29, 1.82) is 0 Å². The van der Waals surface area contributed by atoms with E-state index in [2.05, 4.69) is 21.6 Å². The molecule has 0 saturated carbocycles. The number of hydrogen-bond acceptors (Lipinski definition) is 9. The van der Waals surface area contributed by atoms with Crippen molar-refractivity contribution in [2.75, 3.05) is 5.75 Å². The van der Waals surface area contributed by atoms with Crippen molar-refractivity contribution in [3.8, 4) is 11.1 Å². The van der Waals surface area contributed by atoms with E-state index in [0.717, 1.165) is 38.5 Å². The molecule has 1 saturated heterocycles.